The van der Waals surface area contributed by atoms with Crippen molar-refractivity contribution in [3.05, 3.63) is 48.0 Å². The zero-order valence-corrected chi connectivity index (χ0v) is 36.9. The number of carbonyl (C=O) groups excluding carboxylic acids is 7. The van der Waals surface area contributed by atoms with Crippen molar-refractivity contribution in [2.45, 2.75) is 108 Å². The molecule has 0 saturated carbocycles. The summed E-state index contributed by atoms with van der Waals surface area (Å²) in [7, 11) is 0. The van der Waals surface area contributed by atoms with Crippen molar-refractivity contribution in [2.24, 2.45) is 28.1 Å². The lowest BCUT2D eigenvalue weighted by Gasteiger charge is -2.30. The Morgan fingerprint density at radius 3 is 2.20 bits per heavy atom. The number of rotatable bonds is 25. The number of aromatic nitrogens is 2. The second kappa shape index (κ2) is 25.6. The molecule has 0 aliphatic carbocycles. The summed E-state index contributed by atoms with van der Waals surface area (Å²) in [6.07, 6.45) is 4.36. The molecule has 8 atom stereocenters. The number of nitrogens with zero attached hydrogens (tertiary/aromatic N) is 3. The molecule has 7 amide bonds. The molecule has 1 saturated heterocycles. The molecule has 0 radical (unpaired) electrons. The molecule has 15 N–H and O–H groups in total. The largest absolute Gasteiger partial charge is 0.508 e. The van der Waals surface area contributed by atoms with E-state index in [4.69, 9.17) is 17.2 Å². The van der Waals surface area contributed by atoms with Crippen LogP contribution in [0.5, 0.6) is 5.75 Å². The van der Waals surface area contributed by atoms with Gasteiger partial charge in [0, 0.05) is 43.6 Å². The van der Waals surface area contributed by atoms with E-state index in [0.717, 1.165) is 0 Å². The number of carboxylic acid groups (broad SMARTS) is 1. The number of nitrogens with two attached hydrogens (primary N) is 3. The zero-order chi connectivity index (χ0) is 47.5. The van der Waals surface area contributed by atoms with Gasteiger partial charge in [-0.15, -0.1) is 0 Å². The second-order valence-corrected chi connectivity index (χ2v) is 15.8. The Balaban J connectivity index is 1.70. The molecule has 1 fully saturated rings. The lowest BCUT2D eigenvalue weighted by atomic mass is 9.99. The van der Waals surface area contributed by atoms with Gasteiger partial charge in [-0.25, -0.2) is 9.78 Å². The Labute approximate surface area is 375 Å². The number of likely N-dealkylation sites (tertiary alicyclic amines) is 1. The number of nitrogens with one attached hydrogen (secondary N) is 7. The van der Waals surface area contributed by atoms with Crippen LogP contribution in [0.4, 0.5) is 0 Å². The van der Waals surface area contributed by atoms with Crippen LogP contribution in [-0.4, -0.2) is 146 Å². The highest BCUT2D eigenvalue weighted by atomic mass is 32.1. The molecule has 3 rings (SSSR count). The van der Waals surface area contributed by atoms with Gasteiger partial charge in [-0.05, 0) is 56.2 Å². The third-order valence-electron chi connectivity index (χ3n) is 10.5. The Kier molecular flexibility index (Phi) is 20.8. The lowest BCUT2D eigenvalue weighted by molar-refractivity contribution is -0.143. The van der Waals surface area contributed by atoms with Crippen molar-refractivity contribution in [3.8, 4) is 5.75 Å². The van der Waals surface area contributed by atoms with E-state index in [1.54, 1.807) is 26.0 Å². The van der Waals surface area contributed by atoms with Gasteiger partial charge in [0.1, 0.15) is 42.0 Å². The minimum Gasteiger partial charge on any atom is -0.508 e. The predicted octanol–water partition coefficient (Wildman–Crippen LogP) is -3.11. The van der Waals surface area contributed by atoms with Crippen LogP contribution in [0.1, 0.15) is 64.1 Å². The summed E-state index contributed by atoms with van der Waals surface area (Å²) in [4.78, 5) is 117. The van der Waals surface area contributed by atoms with Gasteiger partial charge in [-0.3, -0.25) is 38.6 Å². The van der Waals surface area contributed by atoms with Gasteiger partial charge in [0.25, 0.3) is 0 Å². The number of phenolic OH excluding ortho intramolecular Hbond substituents is 1. The summed E-state index contributed by atoms with van der Waals surface area (Å²) in [6, 6.07) is -2.21. The Morgan fingerprint density at radius 2 is 1.59 bits per heavy atom. The van der Waals surface area contributed by atoms with Gasteiger partial charge in [0.15, 0.2) is 5.96 Å². The number of aliphatic imine (C=N–C) groups is 1. The molecule has 1 aliphatic heterocycles. The summed E-state index contributed by atoms with van der Waals surface area (Å²) in [6.45, 7) is 4.51. The summed E-state index contributed by atoms with van der Waals surface area (Å²) in [5.74, 6) is -7.03. The zero-order valence-electron chi connectivity index (χ0n) is 36.0. The van der Waals surface area contributed by atoms with E-state index in [1.807, 2.05) is 0 Å². The molecular formula is C40H61N13O10S. The molecule has 0 spiro atoms. The highest BCUT2D eigenvalue weighted by Gasteiger charge is 2.39. The number of benzene rings is 1. The highest BCUT2D eigenvalue weighted by molar-refractivity contribution is 7.80. The summed E-state index contributed by atoms with van der Waals surface area (Å²) in [5.41, 5.74) is 18.2. The standard InChI is InChI=1S/C40H61N13O10S/c1-4-21(2)32(39(62)63)52-31(55)18-46-34(57)29(19-64)51-35(58)27(7-5-13-45-40(42)43)49-37(60)30-8-6-14-53(30)38(61)22(3)48-36(59)28(15-23-9-11-25(54)12-10-23)50-33(56)26(41)16-24-17-44-20-47-24/h9-12,17,20-22,26-30,32,54,64H,4-8,13-16,18-19,41H2,1-3H3,(H,44,47)(H,46,57)(H,48,59)(H,49,60)(H,50,56)(H,51,58)(H,52,55)(H,62,63)(H4,42,43,45)/t21-,22-,26-,27-,28-,29-,30-,32-/m0/s1. The van der Waals surface area contributed by atoms with Crippen LogP contribution in [0.2, 0.25) is 0 Å². The molecule has 1 aliphatic rings. The minimum absolute atomic E-state index is 0.00330. The smallest absolute Gasteiger partial charge is 0.326 e. The lowest BCUT2D eigenvalue weighted by Crippen LogP contribution is -2.59. The molecule has 1 aromatic carbocycles. The normalized spacial score (nSPS) is 16.6. The number of carbonyl (C=O) groups is 8. The Morgan fingerprint density at radius 1 is 0.922 bits per heavy atom. The van der Waals surface area contributed by atoms with Crippen molar-refractivity contribution in [1.29, 1.82) is 0 Å². The first-order chi connectivity index (χ1) is 30.3. The number of thiol groups is 1. The quantitative estimate of drug-likeness (QED) is 0.0203. The van der Waals surface area contributed by atoms with Gasteiger partial charge in [0.2, 0.25) is 41.4 Å². The maximum Gasteiger partial charge on any atom is 0.326 e. The number of aromatic hydroxyl groups is 1. The summed E-state index contributed by atoms with van der Waals surface area (Å²) < 4.78 is 0. The number of phenols is 1. The SMILES string of the molecule is CC[C@H](C)[C@H](NC(=O)CNC(=O)[C@H](CS)NC(=O)[C@H](CCCN=C(N)N)NC(=O)[C@@H]1CCCN1C(=O)[C@H](C)NC(=O)[C@H](Cc1ccc(O)cc1)NC(=O)[C@@H](N)Cc1cnc[nH]1)C(=O)O. The average Bonchev–Trinajstić information content (AvgIpc) is 3.97. The minimum atomic E-state index is -1.28. The van der Waals surface area contributed by atoms with Crippen LogP contribution < -0.4 is 49.1 Å². The highest BCUT2D eigenvalue weighted by Crippen LogP contribution is 2.20. The number of imidazole rings is 1. The Hall–Kier alpha value is -6.43. The maximum atomic E-state index is 13.9. The van der Waals surface area contributed by atoms with Crippen LogP contribution in [0.25, 0.3) is 0 Å². The van der Waals surface area contributed by atoms with Crippen LogP contribution in [0.3, 0.4) is 0 Å². The molecule has 23 nitrogen and oxygen atoms in total. The van der Waals surface area contributed by atoms with Gasteiger partial charge in [0.05, 0.1) is 18.9 Å². The number of hydrogen-bond donors (Lipinski definition) is 13. The molecule has 0 unspecified atom stereocenters. The maximum absolute atomic E-state index is 13.9. The number of carboxylic acids is 1. The van der Waals surface area contributed by atoms with Crippen LogP contribution in [-0.2, 0) is 51.2 Å². The van der Waals surface area contributed by atoms with E-state index in [2.05, 4.69) is 59.5 Å². The van der Waals surface area contributed by atoms with Crippen molar-refractivity contribution in [2.75, 3.05) is 25.4 Å². The van der Waals surface area contributed by atoms with Crippen LogP contribution in [0.15, 0.2) is 41.8 Å². The van der Waals surface area contributed by atoms with E-state index in [9.17, 15) is 48.6 Å². The van der Waals surface area contributed by atoms with E-state index in [0.29, 0.717) is 24.1 Å². The molecule has 2 heterocycles. The van der Waals surface area contributed by atoms with Crippen LogP contribution >= 0.6 is 12.6 Å². The van der Waals surface area contributed by atoms with E-state index in [-0.39, 0.29) is 68.6 Å². The predicted molar refractivity (Wildman–Crippen MR) is 236 cm³/mol. The molecule has 2 aromatic rings. The average molecular weight is 916 g/mol. The summed E-state index contributed by atoms with van der Waals surface area (Å²) in [5, 5.41) is 34.5. The van der Waals surface area contributed by atoms with Crippen molar-refractivity contribution < 1.29 is 48.6 Å². The molecular weight excluding hydrogens is 855 g/mol. The van der Waals surface area contributed by atoms with Crippen molar-refractivity contribution >= 4 is 65.9 Å². The number of amides is 7. The van der Waals surface area contributed by atoms with Gasteiger partial charge in [-0.2, -0.15) is 12.6 Å². The topological polar surface area (TPSA) is 372 Å². The fraction of sp³-hybridized carbons (Fsp3) is 0.550. The molecule has 24 heteroatoms. The fourth-order valence-corrected chi connectivity index (χ4v) is 6.97. The number of aliphatic carboxylic acids is 1. The first-order valence-corrected chi connectivity index (χ1v) is 21.5. The number of aromatic amines is 1. The molecule has 64 heavy (non-hydrogen) atoms. The number of H-pyrrole nitrogens is 1. The third-order valence-corrected chi connectivity index (χ3v) is 10.9. The Bertz CT molecular complexity index is 1950. The van der Waals surface area contributed by atoms with Crippen molar-refractivity contribution in [1.82, 2.24) is 46.8 Å². The number of hydrogen-bond acceptors (Lipinski definition) is 13. The monoisotopic (exact) mass is 915 g/mol. The third kappa shape index (κ3) is 16.4. The first kappa shape index (κ1) is 51.9. The van der Waals surface area contributed by atoms with Gasteiger partial charge < -0.3 is 69.2 Å². The fourth-order valence-electron chi connectivity index (χ4n) is 6.71. The van der Waals surface area contributed by atoms with Gasteiger partial charge in [-0.1, -0.05) is 32.4 Å². The summed E-state index contributed by atoms with van der Waals surface area (Å²) >= 11 is 4.17. The van der Waals surface area contributed by atoms with Gasteiger partial charge >= 0.3 is 5.97 Å². The second-order valence-electron chi connectivity index (χ2n) is 15.5. The van der Waals surface area contributed by atoms with E-state index in [1.165, 1.54) is 36.5 Å². The molecule has 352 valence electrons. The first-order valence-electron chi connectivity index (χ1n) is 20.8. The molecule has 0 bridgehead atoms. The van der Waals surface area contributed by atoms with Crippen LogP contribution in [0, 0.1) is 5.92 Å². The van der Waals surface area contributed by atoms with E-state index >= 15 is 0 Å². The van der Waals surface area contributed by atoms with E-state index < -0.39 is 96.2 Å². The number of guanidine groups is 1. The molecule has 1 aromatic heterocycles. The van der Waals surface area contributed by atoms with Crippen molar-refractivity contribution in [3.63, 3.8) is 0 Å².